The first kappa shape index (κ1) is 12.5. The van der Waals surface area contributed by atoms with Crippen molar-refractivity contribution in [2.45, 2.75) is 59.3 Å². The standard InChI is InChI=1S/C16H26O2/c1-14(2)7-5-8-16-10-15(3,9-6-11(14)16)12(16)13(17)18-4/h11-12H,5-10H2,1-4H3/t11-,12+,15+,16+/m0/s1. The first-order chi connectivity index (χ1) is 8.36. The molecular formula is C16H26O2. The topological polar surface area (TPSA) is 26.3 Å². The van der Waals surface area contributed by atoms with Crippen LogP contribution in [0.25, 0.3) is 0 Å². The highest BCUT2D eigenvalue weighted by molar-refractivity contribution is 5.76. The molecule has 4 fully saturated rings. The molecule has 2 bridgehead atoms. The van der Waals surface area contributed by atoms with E-state index in [2.05, 4.69) is 20.8 Å². The second-order valence-electron chi connectivity index (χ2n) is 7.95. The Morgan fingerprint density at radius 3 is 2.56 bits per heavy atom. The minimum Gasteiger partial charge on any atom is -0.469 e. The van der Waals surface area contributed by atoms with Gasteiger partial charge >= 0.3 is 5.97 Å². The molecule has 0 aromatic rings. The van der Waals surface area contributed by atoms with Gasteiger partial charge in [-0.2, -0.15) is 0 Å². The Labute approximate surface area is 110 Å². The van der Waals surface area contributed by atoms with Crippen LogP contribution in [0.4, 0.5) is 0 Å². The van der Waals surface area contributed by atoms with Crippen molar-refractivity contribution >= 4 is 5.97 Å². The molecule has 4 aliphatic carbocycles. The zero-order valence-corrected chi connectivity index (χ0v) is 12.2. The maximum absolute atomic E-state index is 12.3. The van der Waals surface area contributed by atoms with Gasteiger partial charge in [-0.15, -0.1) is 0 Å². The highest BCUT2D eigenvalue weighted by Gasteiger charge is 2.71. The van der Waals surface area contributed by atoms with E-state index < -0.39 is 0 Å². The quantitative estimate of drug-likeness (QED) is 0.662. The molecule has 0 aromatic carbocycles. The molecule has 0 radical (unpaired) electrons. The van der Waals surface area contributed by atoms with Crippen molar-refractivity contribution < 1.29 is 9.53 Å². The summed E-state index contributed by atoms with van der Waals surface area (Å²) in [5, 5.41) is 0. The molecule has 0 aromatic heterocycles. The van der Waals surface area contributed by atoms with Gasteiger partial charge < -0.3 is 4.74 Å². The van der Waals surface area contributed by atoms with Crippen molar-refractivity contribution in [1.29, 1.82) is 0 Å². The van der Waals surface area contributed by atoms with Crippen LogP contribution in [-0.4, -0.2) is 13.1 Å². The lowest BCUT2D eigenvalue weighted by molar-refractivity contribution is -0.248. The average molecular weight is 250 g/mol. The Morgan fingerprint density at radius 2 is 1.89 bits per heavy atom. The summed E-state index contributed by atoms with van der Waals surface area (Å²) in [4.78, 5) is 12.3. The van der Waals surface area contributed by atoms with Gasteiger partial charge in [0.05, 0.1) is 13.0 Å². The summed E-state index contributed by atoms with van der Waals surface area (Å²) in [5.74, 6) is 0.962. The summed E-state index contributed by atoms with van der Waals surface area (Å²) in [5.41, 5.74) is 0.922. The molecule has 4 atom stereocenters. The molecule has 0 amide bonds. The van der Waals surface area contributed by atoms with Crippen molar-refractivity contribution in [1.82, 2.24) is 0 Å². The predicted molar refractivity (Wildman–Crippen MR) is 71.0 cm³/mol. The predicted octanol–water partition coefficient (Wildman–Crippen LogP) is 3.79. The number of esters is 1. The van der Waals surface area contributed by atoms with Gasteiger partial charge in [-0.25, -0.2) is 0 Å². The Balaban J connectivity index is 1.99. The van der Waals surface area contributed by atoms with E-state index in [4.69, 9.17) is 4.74 Å². The summed E-state index contributed by atoms with van der Waals surface area (Å²) in [6, 6.07) is 0. The molecule has 4 aliphatic rings. The fraction of sp³-hybridized carbons (Fsp3) is 0.938. The van der Waals surface area contributed by atoms with Crippen LogP contribution in [0, 0.1) is 28.1 Å². The Kier molecular flexibility index (Phi) is 2.44. The van der Waals surface area contributed by atoms with Crippen LogP contribution in [0.3, 0.4) is 0 Å². The fourth-order valence-electron chi connectivity index (χ4n) is 6.10. The molecule has 4 rings (SSSR count). The van der Waals surface area contributed by atoms with Crippen molar-refractivity contribution in [3.63, 3.8) is 0 Å². The van der Waals surface area contributed by atoms with Crippen LogP contribution in [0.1, 0.15) is 59.3 Å². The molecule has 1 spiro atoms. The average Bonchev–Trinajstić information content (AvgIpc) is 2.26. The zero-order chi connectivity index (χ0) is 13.2. The monoisotopic (exact) mass is 250 g/mol. The van der Waals surface area contributed by atoms with Crippen LogP contribution in [-0.2, 0) is 9.53 Å². The van der Waals surface area contributed by atoms with Gasteiger partial charge in [0.1, 0.15) is 0 Å². The van der Waals surface area contributed by atoms with E-state index in [-0.39, 0.29) is 22.7 Å². The third-order valence-electron chi connectivity index (χ3n) is 6.55. The Bertz CT molecular complexity index is 387. The molecule has 0 heterocycles. The maximum atomic E-state index is 12.3. The number of carbonyl (C=O) groups excluding carboxylic acids is 1. The second kappa shape index (κ2) is 3.52. The third-order valence-corrected chi connectivity index (χ3v) is 6.55. The lowest BCUT2D eigenvalue weighted by Gasteiger charge is -2.72. The summed E-state index contributed by atoms with van der Waals surface area (Å²) >= 11 is 0. The lowest BCUT2D eigenvalue weighted by Crippen LogP contribution is -2.68. The van der Waals surface area contributed by atoms with Gasteiger partial charge in [-0.3, -0.25) is 4.79 Å². The number of carbonyl (C=O) groups is 1. The Morgan fingerprint density at radius 1 is 1.17 bits per heavy atom. The van der Waals surface area contributed by atoms with E-state index in [9.17, 15) is 4.79 Å². The van der Waals surface area contributed by atoms with Crippen LogP contribution < -0.4 is 0 Å². The minimum absolute atomic E-state index is 0.0613. The van der Waals surface area contributed by atoms with Crippen molar-refractivity contribution in [2.75, 3.05) is 7.11 Å². The van der Waals surface area contributed by atoms with E-state index in [0.29, 0.717) is 5.41 Å². The second-order valence-corrected chi connectivity index (χ2v) is 7.95. The number of ether oxygens (including phenoxy) is 1. The highest BCUT2D eigenvalue weighted by Crippen LogP contribution is 2.76. The van der Waals surface area contributed by atoms with Gasteiger partial charge in [0.25, 0.3) is 0 Å². The van der Waals surface area contributed by atoms with Crippen molar-refractivity contribution in [3.8, 4) is 0 Å². The molecule has 102 valence electrons. The minimum atomic E-state index is 0.0613. The van der Waals surface area contributed by atoms with Gasteiger partial charge in [-0.05, 0) is 54.3 Å². The van der Waals surface area contributed by atoms with E-state index in [1.165, 1.54) is 38.5 Å². The third kappa shape index (κ3) is 1.32. The fourth-order valence-corrected chi connectivity index (χ4v) is 6.10. The first-order valence-corrected chi connectivity index (χ1v) is 7.44. The van der Waals surface area contributed by atoms with Gasteiger partial charge in [0.2, 0.25) is 0 Å². The molecule has 2 nitrogen and oxygen atoms in total. The number of hydrogen-bond donors (Lipinski definition) is 0. The maximum Gasteiger partial charge on any atom is 0.309 e. The molecule has 0 aliphatic heterocycles. The van der Waals surface area contributed by atoms with Crippen molar-refractivity contribution in [3.05, 3.63) is 0 Å². The zero-order valence-electron chi connectivity index (χ0n) is 12.2. The van der Waals surface area contributed by atoms with Crippen LogP contribution in [0.2, 0.25) is 0 Å². The van der Waals surface area contributed by atoms with Gasteiger partial charge in [0.15, 0.2) is 0 Å². The largest absolute Gasteiger partial charge is 0.469 e. The number of fused-ring (bicyclic) bond motifs is 1. The van der Waals surface area contributed by atoms with Crippen LogP contribution in [0.5, 0.6) is 0 Å². The Hall–Kier alpha value is -0.530. The van der Waals surface area contributed by atoms with Crippen molar-refractivity contribution in [2.24, 2.45) is 28.1 Å². The molecule has 4 saturated carbocycles. The van der Waals surface area contributed by atoms with E-state index in [0.717, 1.165) is 5.92 Å². The van der Waals surface area contributed by atoms with E-state index >= 15 is 0 Å². The normalized spacial score (nSPS) is 48.9. The number of hydrogen-bond acceptors (Lipinski definition) is 2. The molecule has 0 N–H and O–H groups in total. The summed E-state index contributed by atoms with van der Waals surface area (Å²) in [6.07, 6.45) is 7.64. The smallest absolute Gasteiger partial charge is 0.309 e. The molecule has 0 unspecified atom stereocenters. The number of rotatable bonds is 1. The molecule has 2 heteroatoms. The van der Waals surface area contributed by atoms with E-state index in [1.807, 2.05) is 0 Å². The molecule has 0 saturated heterocycles. The van der Waals surface area contributed by atoms with Crippen LogP contribution in [0.15, 0.2) is 0 Å². The number of methoxy groups -OCH3 is 1. The summed E-state index contributed by atoms with van der Waals surface area (Å²) < 4.78 is 5.13. The molecule has 18 heavy (non-hydrogen) atoms. The highest BCUT2D eigenvalue weighted by atomic mass is 16.5. The summed E-state index contributed by atoms with van der Waals surface area (Å²) in [7, 11) is 1.55. The molecular weight excluding hydrogens is 224 g/mol. The SMILES string of the molecule is COC(=O)[C@@H]1[C@]2(C)CC[C@H]3C(C)(C)CCC[C@]13C2. The lowest BCUT2D eigenvalue weighted by atomic mass is 9.31. The van der Waals surface area contributed by atoms with Gasteiger partial charge in [0, 0.05) is 0 Å². The van der Waals surface area contributed by atoms with E-state index in [1.54, 1.807) is 7.11 Å². The first-order valence-electron chi connectivity index (χ1n) is 7.44. The van der Waals surface area contributed by atoms with Crippen LogP contribution >= 0.6 is 0 Å². The summed E-state index contributed by atoms with van der Waals surface area (Å²) in [6.45, 7) is 7.12. The van der Waals surface area contributed by atoms with Gasteiger partial charge in [-0.1, -0.05) is 27.2 Å².